The largest absolute Gasteiger partial charge is 0.397 e. The van der Waals surface area contributed by atoms with Crippen LogP contribution in [-0.4, -0.2) is 5.91 Å². The number of nitrogens with one attached hydrogen (secondary N) is 1. The van der Waals surface area contributed by atoms with Crippen LogP contribution in [0.2, 0.25) is 0 Å². The summed E-state index contributed by atoms with van der Waals surface area (Å²) in [5.41, 5.74) is 6.59. The van der Waals surface area contributed by atoms with E-state index in [4.69, 9.17) is 5.73 Å². The molecule has 0 saturated carbocycles. The maximum Gasteiger partial charge on any atom is 0.258 e. The van der Waals surface area contributed by atoms with Crippen LogP contribution in [0.1, 0.15) is 10.4 Å². The zero-order valence-electron chi connectivity index (χ0n) is 9.28. The number of carbonyl (C=O) groups excluding carboxylic acids is 1. The number of amides is 1. The average molecular weight is 309 g/mol. The Bertz CT molecular complexity index is 601. The first kappa shape index (κ1) is 12.6. The fourth-order valence-electron chi connectivity index (χ4n) is 1.48. The monoisotopic (exact) mass is 308 g/mol. The molecule has 0 spiro atoms. The number of benzene rings is 2. The van der Waals surface area contributed by atoms with Gasteiger partial charge in [-0.1, -0.05) is 28.1 Å². The lowest BCUT2D eigenvalue weighted by Crippen LogP contribution is -2.14. The number of rotatable bonds is 2. The van der Waals surface area contributed by atoms with Crippen LogP contribution in [0.3, 0.4) is 0 Å². The van der Waals surface area contributed by atoms with E-state index in [1.807, 2.05) is 0 Å². The van der Waals surface area contributed by atoms with E-state index in [1.54, 1.807) is 24.3 Å². The Morgan fingerprint density at radius 1 is 1.22 bits per heavy atom. The minimum atomic E-state index is -0.564. The van der Waals surface area contributed by atoms with E-state index in [0.29, 0.717) is 11.4 Å². The molecule has 3 nitrogen and oxygen atoms in total. The Morgan fingerprint density at radius 3 is 2.61 bits per heavy atom. The molecule has 3 N–H and O–H groups in total. The third-order valence-electron chi connectivity index (χ3n) is 2.38. The highest BCUT2D eigenvalue weighted by Gasteiger charge is 2.12. The fourth-order valence-corrected chi connectivity index (χ4v) is 1.86. The topological polar surface area (TPSA) is 55.1 Å². The SMILES string of the molecule is Nc1cc(Br)ccc1NC(=O)c1ccccc1F. The second-order valence-corrected chi connectivity index (χ2v) is 4.58. The predicted octanol–water partition coefficient (Wildman–Crippen LogP) is 3.42. The van der Waals surface area contributed by atoms with Crippen LogP contribution in [0.15, 0.2) is 46.9 Å². The van der Waals surface area contributed by atoms with Crippen molar-refractivity contribution < 1.29 is 9.18 Å². The molecule has 2 aromatic rings. The summed E-state index contributed by atoms with van der Waals surface area (Å²) in [5.74, 6) is -1.09. The van der Waals surface area contributed by atoms with Crippen molar-refractivity contribution in [1.29, 1.82) is 0 Å². The molecule has 0 aliphatic rings. The van der Waals surface area contributed by atoms with Gasteiger partial charge >= 0.3 is 0 Å². The summed E-state index contributed by atoms with van der Waals surface area (Å²) in [6.07, 6.45) is 0. The van der Waals surface area contributed by atoms with E-state index in [1.165, 1.54) is 18.2 Å². The molecule has 1 amide bonds. The molecule has 0 atom stereocenters. The van der Waals surface area contributed by atoms with Crippen molar-refractivity contribution in [3.05, 3.63) is 58.3 Å². The first-order valence-corrected chi connectivity index (χ1v) is 5.98. The summed E-state index contributed by atoms with van der Waals surface area (Å²) in [5, 5.41) is 2.57. The predicted molar refractivity (Wildman–Crippen MR) is 72.9 cm³/mol. The summed E-state index contributed by atoms with van der Waals surface area (Å²) in [4.78, 5) is 11.9. The summed E-state index contributed by atoms with van der Waals surface area (Å²) in [6, 6.07) is 10.8. The van der Waals surface area contributed by atoms with Gasteiger partial charge in [-0.15, -0.1) is 0 Å². The molecule has 0 fully saturated rings. The molecule has 5 heteroatoms. The van der Waals surface area contributed by atoms with Crippen LogP contribution < -0.4 is 11.1 Å². The van der Waals surface area contributed by atoms with Crippen molar-refractivity contribution in [3.63, 3.8) is 0 Å². The lowest BCUT2D eigenvalue weighted by atomic mass is 10.2. The van der Waals surface area contributed by atoms with Gasteiger partial charge < -0.3 is 11.1 Å². The van der Waals surface area contributed by atoms with Crippen molar-refractivity contribution in [2.75, 3.05) is 11.1 Å². The molecule has 0 saturated heterocycles. The Hall–Kier alpha value is -1.88. The Kier molecular flexibility index (Phi) is 3.62. The van der Waals surface area contributed by atoms with Gasteiger partial charge in [-0.3, -0.25) is 4.79 Å². The first-order valence-electron chi connectivity index (χ1n) is 5.19. The van der Waals surface area contributed by atoms with Crippen molar-refractivity contribution >= 4 is 33.2 Å². The van der Waals surface area contributed by atoms with Crippen LogP contribution in [-0.2, 0) is 0 Å². The van der Waals surface area contributed by atoms with Gasteiger partial charge in [0.25, 0.3) is 5.91 Å². The van der Waals surface area contributed by atoms with Crippen LogP contribution in [0.5, 0.6) is 0 Å². The van der Waals surface area contributed by atoms with Gasteiger partial charge in [0.15, 0.2) is 0 Å². The van der Waals surface area contributed by atoms with E-state index >= 15 is 0 Å². The smallest absolute Gasteiger partial charge is 0.258 e. The third kappa shape index (κ3) is 2.68. The highest BCUT2D eigenvalue weighted by molar-refractivity contribution is 9.10. The number of nitrogen functional groups attached to an aromatic ring is 1. The van der Waals surface area contributed by atoms with Crippen LogP contribution in [0.4, 0.5) is 15.8 Å². The molecule has 0 radical (unpaired) electrons. The number of carbonyl (C=O) groups is 1. The summed E-state index contributed by atoms with van der Waals surface area (Å²) in [6.45, 7) is 0. The number of hydrogen-bond donors (Lipinski definition) is 2. The third-order valence-corrected chi connectivity index (χ3v) is 2.87. The van der Waals surface area contributed by atoms with Crippen LogP contribution in [0, 0.1) is 5.82 Å². The molecule has 0 aromatic heterocycles. The Morgan fingerprint density at radius 2 is 1.94 bits per heavy atom. The van der Waals surface area contributed by atoms with Crippen molar-refractivity contribution in [2.24, 2.45) is 0 Å². The van der Waals surface area contributed by atoms with Gasteiger partial charge in [-0.05, 0) is 30.3 Å². The molecule has 0 unspecified atom stereocenters. The zero-order chi connectivity index (χ0) is 13.1. The summed E-state index contributed by atoms with van der Waals surface area (Å²) < 4.78 is 14.2. The van der Waals surface area contributed by atoms with Gasteiger partial charge in [0.1, 0.15) is 5.82 Å². The molecule has 0 aliphatic heterocycles. The molecular formula is C13H10BrFN2O. The van der Waals surface area contributed by atoms with E-state index < -0.39 is 11.7 Å². The number of halogens is 2. The van der Waals surface area contributed by atoms with Gasteiger partial charge in [-0.25, -0.2) is 4.39 Å². The summed E-state index contributed by atoms with van der Waals surface area (Å²) >= 11 is 3.27. The molecule has 0 aliphatic carbocycles. The van der Waals surface area contributed by atoms with E-state index in [0.717, 1.165) is 4.47 Å². The molecule has 2 rings (SSSR count). The highest BCUT2D eigenvalue weighted by Crippen LogP contribution is 2.23. The van der Waals surface area contributed by atoms with Crippen molar-refractivity contribution in [1.82, 2.24) is 0 Å². The van der Waals surface area contributed by atoms with Gasteiger partial charge in [0, 0.05) is 4.47 Å². The van der Waals surface area contributed by atoms with Crippen LogP contribution in [0.25, 0.3) is 0 Å². The molecule has 2 aromatic carbocycles. The lowest BCUT2D eigenvalue weighted by molar-refractivity contribution is 0.102. The first-order chi connectivity index (χ1) is 8.58. The standard InChI is InChI=1S/C13H10BrFN2O/c14-8-5-6-12(11(16)7-8)17-13(18)9-3-1-2-4-10(9)15/h1-7H,16H2,(H,17,18). The number of nitrogens with two attached hydrogens (primary N) is 1. The second kappa shape index (κ2) is 5.18. The Labute approximate surface area is 112 Å². The van der Waals surface area contributed by atoms with Crippen molar-refractivity contribution in [2.45, 2.75) is 0 Å². The van der Waals surface area contributed by atoms with Gasteiger partial charge in [0.05, 0.1) is 16.9 Å². The molecule has 0 bridgehead atoms. The molecular weight excluding hydrogens is 299 g/mol. The molecule has 0 heterocycles. The average Bonchev–Trinajstić information content (AvgIpc) is 2.33. The number of hydrogen-bond acceptors (Lipinski definition) is 2. The molecule has 18 heavy (non-hydrogen) atoms. The van der Waals surface area contributed by atoms with E-state index in [2.05, 4.69) is 21.2 Å². The normalized spacial score (nSPS) is 10.1. The minimum Gasteiger partial charge on any atom is -0.397 e. The second-order valence-electron chi connectivity index (χ2n) is 3.67. The summed E-state index contributed by atoms with van der Waals surface area (Å²) in [7, 11) is 0. The molecule has 92 valence electrons. The van der Waals surface area contributed by atoms with Crippen LogP contribution >= 0.6 is 15.9 Å². The zero-order valence-corrected chi connectivity index (χ0v) is 10.9. The van der Waals surface area contributed by atoms with E-state index in [-0.39, 0.29) is 5.56 Å². The maximum atomic E-state index is 13.4. The van der Waals surface area contributed by atoms with E-state index in [9.17, 15) is 9.18 Å². The maximum absolute atomic E-state index is 13.4. The highest BCUT2D eigenvalue weighted by atomic mass is 79.9. The fraction of sp³-hybridized carbons (Fsp3) is 0. The van der Waals surface area contributed by atoms with Gasteiger partial charge in [-0.2, -0.15) is 0 Å². The minimum absolute atomic E-state index is 0.0141. The quantitative estimate of drug-likeness (QED) is 0.835. The number of anilines is 2. The Balaban J connectivity index is 2.24. The lowest BCUT2D eigenvalue weighted by Gasteiger charge is -2.08. The van der Waals surface area contributed by atoms with Gasteiger partial charge in [0.2, 0.25) is 0 Å². The van der Waals surface area contributed by atoms with Crippen molar-refractivity contribution in [3.8, 4) is 0 Å².